The maximum atomic E-state index is 11.5. The van der Waals surface area contributed by atoms with Crippen LogP contribution in [0.2, 0.25) is 0 Å². The van der Waals surface area contributed by atoms with Crippen molar-refractivity contribution in [2.24, 2.45) is 0 Å². The molecule has 1 amide bonds. The number of likely N-dealkylation sites (tertiary alicyclic amines) is 1. The summed E-state index contributed by atoms with van der Waals surface area (Å²) >= 11 is 0. The lowest BCUT2D eigenvalue weighted by atomic mass is 10.0. The highest BCUT2D eigenvalue weighted by Crippen LogP contribution is 2.31. The van der Waals surface area contributed by atoms with Crippen LogP contribution in [0.25, 0.3) is 0 Å². The van der Waals surface area contributed by atoms with Crippen molar-refractivity contribution in [1.29, 1.82) is 0 Å². The molecule has 1 saturated heterocycles. The number of methoxy groups -OCH3 is 1. The van der Waals surface area contributed by atoms with Crippen LogP contribution in [0.4, 0.5) is 0 Å². The van der Waals surface area contributed by atoms with Crippen molar-refractivity contribution in [3.63, 3.8) is 0 Å². The Morgan fingerprint density at radius 1 is 1.56 bits per heavy atom. The van der Waals surface area contributed by atoms with Gasteiger partial charge >= 0.3 is 5.97 Å². The molecule has 1 aromatic rings. The van der Waals surface area contributed by atoms with Crippen LogP contribution in [-0.2, 0) is 9.53 Å². The van der Waals surface area contributed by atoms with Gasteiger partial charge in [0.2, 0.25) is 0 Å². The molecule has 0 radical (unpaired) electrons. The monoisotopic (exact) mass is 250 g/mol. The summed E-state index contributed by atoms with van der Waals surface area (Å²) in [5.74, 6) is -0.791. The fourth-order valence-corrected chi connectivity index (χ4v) is 2.09. The molecule has 0 saturated carbocycles. The van der Waals surface area contributed by atoms with E-state index >= 15 is 0 Å². The number of pyridine rings is 1. The molecule has 6 nitrogen and oxygen atoms in total. The van der Waals surface area contributed by atoms with E-state index in [1.165, 1.54) is 18.2 Å². The minimum absolute atomic E-state index is 0.260. The zero-order chi connectivity index (χ0) is 13.3. The standard InChI is InChI=1S/C12H14N2O4/c1-14-9(4-10(15)11(14)16)7-3-8(6-13-5-7)12(17)18-2/h3,5-6,9-10,15H,4H2,1-2H3/t9-,10-/m0/s1. The molecule has 0 unspecified atom stereocenters. The normalized spacial score (nSPS) is 23.3. The Morgan fingerprint density at radius 2 is 2.28 bits per heavy atom. The first-order valence-electron chi connectivity index (χ1n) is 5.52. The number of carbonyl (C=O) groups excluding carboxylic acids is 2. The molecular formula is C12H14N2O4. The van der Waals surface area contributed by atoms with Crippen molar-refractivity contribution in [2.45, 2.75) is 18.6 Å². The van der Waals surface area contributed by atoms with Gasteiger partial charge in [-0.25, -0.2) is 4.79 Å². The van der Waals surface area contributed by atoms with E-state index in [9.17, 15) is 14.7 Å². The van der Waals surface area contributed by atoms with Gasteiger partial charge in [0.25, 0.3) is 5.91 Å². The summed E-state index contributed by atoms with van der Waals surface area (Å²) in [4.78, 5) is 28.3. The quantitative estimate of drug-likeness (QED) is 0.755. The maximum Gasteiger partial charge on any atom is 0.339 e. The van der Waals surface area contributed by atoms with E-state index in [1.807, 2.05) is 0 Å². The predicted octanol–water partition coefficient (Wildman–Crippen LogP) is 0.132. The number of aliphatic hydroxyl groups excluding tert-OH is 1. The molecule has 0 bridgehead atoms. The molecule has 1 aliphatic rings. The smallest absolute Gasteiger partial charge is 0.339 e. The molecule has 0 aromatic carbocycles. The minimum Gasteiger partial charge on any atom is -0.465 e. The summed E-state index contributed by atoms with van der Waals surface area (Å²) in [6, 6.07) is 1.37. The van der Waals surface area contributed by atoms with E-state index in [0.29, 0.717) is 17.5 Å². The number of aromatic nitrogens is 1. The Morgan fingerprint density at radius 3 is 2.83 bits per heavy atom. The Balaban J connectivity index is 2.29. The fourth-order valence-electron chi connectivity index (χ4n) is 2.09. The third kappa shape index (κ3) is 2.06. The third-order valence-electron chi connectivity index (χ3n) is 3.11. The van der Waals surface area contributed by atoms with Gasteiger partial charge in [-0.1, -0.05) is 0 Å². The molecule has 2 rings (SSSR count). The summed E-state index contributed by atoms with van der Waals surface area (Å²) < 4.78 is 4.61. The number of carbonyl (C=O) groups is 2. The zero-order valence-corrected chi connectivity index (χ0v) is 10.2. The molecule has 0 spiro atoms. The Bertz CT molecular complexity index is 489. The van der Waals surface area contributed by atoms with Gasteiger partial charge in [0.15, 0.2) is 0 Å². The van der Waals surface area contributed by atoms with Gasteiger partial charge in [0.05, 0.1) is 18.7 Å². The first-order valence-corrected chi connectivity index (χ1v) is 5.52. The van der Waals surface area contributed by atoms with Crippen LogP contribution in [0.1, 0.15) is 28.4 Å². The minimum atomic E-state index is -0.984. The number of nitrogens with zero attached hydrogens (tertiary/aromatic N) is 2. The third-order valence-corrected chi connectivity index (χ3v) is 3.11. The second-order valence-electron chi connectivity index (χ2n) is 4.21. The number of hydrogen-bond acceptors (Lipinski definition) is 5. The zero-order valence-electron chi connectivity index (χ0n) is 10.2. The van der Waals surface area contributed by atoms with Crippen molar-refractivity contribution < 1.29 is 19.4 Å². The number of aliphatic hydroxyl groups is 1. The molecule has 1 aromatic heterocycles. The highest BCUT2D eigenvalue weighted by molar-refractivity contribution is 5.89. The summed E-state index contributed by atoms with van der Waals surface area (Å²) in [5.41, 5.74) is 1.04. The van der Waals surface area contributed by atoms with Gasteiger partial charge in [-0.2, -0.15) is 0 Å². The Hall–Kier alpha value is -1.95. The largest absolute Gasteiger partial charge is 0.465 e. The van der Waals surface area contributed by atoms with Crippen LogP contribution < -0.4 is 0 Å². The van der Waals surface area contributed by atoms with E-state index in [2.05, 4.69) is 9.72 Å². The molecule has 18 heavy (non-hydrogen) atoms. The first-order chi connectivity index (χ1) is 8.54. The van der Waals surface area contributed by atoms with E-state index in [-0.39, 0.29) is 11.9 Å². The topological polar surface area (TPSA) is 79.7 Å². The van der Waals surface area contributed by atoms with Crippen molar-refractivity contribution in [1.82, 2.24) is 9.88 Å². The van der Waals surface area contributed by atoms with Crippen LogP contribution in [-0.4, -0.2) is 47.1 Å². The number of hydrogen-bond donors (Lipinski definition) is 1. The summed E-state index contributed by atoms with van der Waals surface area (Å²) in [6.07, 6.45) is 2.31. The van der Waals surface area contributed by atoms with Gasteiger partial charge in [0.1, 0.15) is 6.10 Å². The molecule has 2 atom stereocenters. The number of esters is 1. The highest BCUT2D eigenvalue weighted by atomic mass is 16.5. The Kier molecular flexibility index (Phi) is 3.29. The molecule has 6 heteroatoms. The van der Waals surface area contributed by atoms with Gasteiger partial charge in [-0.05, 0) is 11.6 Å². The predicted molar refractivity (Wildman–Crippen MR) is 61.7 cm³/mol. The first kappa shape index (κ1) is 12.5. The lowest BCUT2D eigenvalue weighted by Gasteiger charge is -2.19. The summed E-state index contributed by atoms with van der Waals surface area (Å²) in [6.45, 7) is 0. The van der Waals surface area contributed by atoms with Gasteiger partial charge in [-0.15, -0.1) is 0 Å². The van der Waals surface area contributed by atoms with E-state index in [1.54, 1.807) is 19.3 Å². The second-order valence-corrected chi connectivity index (χ2v) is 4.21. The molecule has 0 aliphatic carbocycles. The number of rotatable bonds is 2. The number of likely N-dealkylation sites (N-methyl/N-ethyl adjacent to an activating group) is 1. The van der Waals surface area contributed by atoms with Gasteiger partial charge < -0.3 is 14.7 Å². The maximum absolute atomic E-state index is 11.5. The Labute approximate surface area is 104 Å². The molecule has 1 N–H and O–H groups in total. The van der Waals surface area contributed by atoms with Crippen molar-refractivity contribution >= 4 is 11.9 Å². The van der Waals surface area contributed by atoms with Crippen molar-refractivity contribution in [2.75, 3.05) is 14.2 Å². The van der Waals surface area contributed by atoms with E-state index in [0.717, 1.165) is 0 Å². The molecule has 1 aliphatic heterocycles. The van der Waals surface area contributed by atoms with Crippen LogP contribution in [0.3, 0.4) is 0 Å². The SMILES string of the molecule is COC(=O)c1cncc([C@@H]2C[C@H](O)C(=O)N2C)c1. The lowest BCUT2D eigenvalue weighted by Crippen LogP contribution is -2.26. The number of amides is 1. The highest BCUT2D eigenvalue weighted by Gasteiger charge is 2.37. The fraction of sp³-hybridized carbons (Fsp3) is 0.417. The summed E-state index contributed by atoms with van der Waals surface area (Å²) in [7, 11) is 2.91. The number of ether oxygens (including phenoxy) is 1. The van der Waals surface area contributed by atoms with Crippen molar-refractivity contribution in [3.8, 4) is 0 Å². The van der Waals surface area contributed by atoms with E-state index < -0.39 is 12.1 Å². The summed E-state index contributed by atoms with van der Waals surface area (Å²) in [5, 5.41) is 9.52. The van der Waals surface area contributed by atoms with Gasteiger partial charge in [-0.3, -0.25) is 9.78 Å². The van der Waals surface area contributed by atoms with E-state index in [4.69, 9.17) is 0 Å². The van der Waals surface area contributed by atoms with Crippen molar-refractivity contribution in [3.05, 3.63) is 29.6 Å². The van der Waals surface area contributed by atoms with Crippen LogP contribution in [0, 0.1) is 0 Å². The lowest BCUT2D eigenvalue weighted by molar-refractivity contribution is -0.134. The molecule has 1 fully saturated rings. The molecular weight excluding hydrogens is 236 g/mol. The van der Waals surface area contributed by atoms with Crippen LogP contribution in [0.5, 0.6) is 0 Å². The average Bonchev–Trinajstić information content (AvgIpc) is 2.66. The second kappa shape index (κ2) is 4.73. The molecule has 2 heterocycles. The van der Waals surface area contributed by atoms with Crippen LogP contribution in [0.15, 0.2) is 18.5 Å². The van der Waals surface area contributed by atoms with Gasteiger partial charge in [0, 0.05) is 25.9 Å². The average molecular weight is 250 g/mol. The van der Waals surface area contributed by atoms with Crippen LogP contribution >= 0.6 is 0 Å². The molecule has 96 valence electrons.